The van der Waals surface area contributed by atoms with E-state index in [9.17, 15) is 14.7 Å². The van der Waals surface area contributed by atoms with E-state index in [0.717, 1.165) is 0 Å². The van der Waals surface area contributed by atoms with E-state index < -0.39 is 12.0 Å². The smallest absolute Gasteiger partial charge is 0.248 e. The fraction of sp³-hybridized carbons (Fsp3) is 0.308. The van der Waals surface area contributed by atoms with E-state index in [-0.39, 0.29) is 29.4 Å². The summed E-state index contributed by atoms with van der Waals surface area (Å²) >= 11 is 1.49. The number of carboxylic acids is 1. The zero-order valence-electron chi connectivity index (χ0n) is 11.0. The normalized spacial score (nSPS) is 24.0. The maximum absolute atomic E-state index is 11.8. The number of thioether (sulfide) groups is 1. The lowest BCUT2D eigenvalue weighted by Crippen LogP contribution is -2.69. The SMILES string of the molecule is Cl.N[C@@H]1C(=O)N2C(C(=O)[O-])=C(C[n+]3ccccc3)CS[C@H]12. The maximum atomic E-state index is 11.8. The fourth-order valence-electron chi connectivity index (χ4n) is 2.45. The van der Waals surface area contributed by atoms with Crippen molar-refractivity contribution in [3.05, 3.63) is 41.9 Å². The van der Waals surface area contributed by atoms with Gasteiger partial charge in [0.1, 0.15) is 11.4 Å². The minimum absolute atomic E-state index is 0. The van der Waals surface area contributed by atoms with Gasteiger partial charge >= 0.3 is 0 Å². The van der Waals surface area contributed by atoms with E-state index in [1.807, 2.05) is 35.2 Å². The Hall–Kier alpha value is -1.57. The van der Waals surface area contributed by atoms with Crippen LogP contribution in [0.4, 0.5) is 0 Å². The molecular weight excluding hydrogens is 314 g/mol. The van der Waals surface area contributed by atoms with E-state index in [2.05, 4.69) is 0 Å². The molecule has 6 nitrogen and oxygen atoms in total. The summed E-state index contributed by atoms with van der Waals surface area (Å²) < 4.78 is 1.86. The summed E-state index contributed by atoms with van der Waals surface area (Å²) in [6.45, 7) is 0.420. The van der Waals surface area contributed by atoms with Gasteiger partial charge in [-0.3, -0.25) is 9.69 Å². The first-order chi connectivity index (χ1) is 9.59. The summed E-state index contributed by atoms with van der Waals surface area (Å²) in [5.74, 6) is -1.13. The molecule has 112 valence electrons. The number of amides is 1. The van der Waals surface area contributed by atoms with Crippen molar-refractivity contribution in [1.29, 1.82) is 0 Å². The lowest BCUT2D eigenvalue weighted by atomic mass is 10.0. The number of halogens is 1. The second-order valence-electron chi connectivity index (χ2n) is 4.72. The molecule has 2 atom stereocenters. The summed E-state index contributed by atoms with van der Waals surface area (Å²) in [6.07, 6.45) is 3.70. The van der Waals surface area contributed by atoms with Crippen LogP contribution in [0.5, 0.6) is 0 Å². The molecule has 8 heteroatoms. The number of hydrogen-bond acceptors (Lipinski definition) is 5. The molecule has 0 saturated carbocycles. The highest BCUT2D eigenvalue weighted by molar-refractivity contribution is 8.00. The summed E-state index contributed by atoms with van der Waals surface area (Å²) in [6, 6.07) is 5.00. The van der Waals surface area contributed by atoms with Crippen LogP contribution in [-0.2, 0) is 16.1 Å². The molecule has 0 spiro atoms. The van der Waals surface area contributed by atoms with Crippen LogP contribution >= 0.6 is 24.2 Å². The Balaban J connectivity index is 0.00000161. The molecule has 0 aliphatic carbocycles. The number of rotatable bonds is 3. The lowest BCUT2D eigenvalue weighted by Gasteiger charge is -2.49. The van der Waals surface area contributed by atoms with Crippen LogP contribution in [0, 0.1) is 0 Å². The highest BCUT2D eigenvalue weighted by Crippen LogP contribution is 2.39. The van der Waals surface area contributed by atoms with Crippen LogP contribution in [0.2, 0.25) is 0 Å². The third-order valence-electron chi connectivity index (χ3n) is 3.43. The highest BCUT2D eigenvalue weighted by Gasteiger charge is 2.50. The molecule has 0 bridgehead atoms. The number of carboxylic acid groups (broad SMARTS) is 1. The van der Waals surface area contributed by atoms with E-state index in [1.165, 1.54) is 16.7 Å². The second-order valence-corrected chi connectivity index (χ2v) is 5.83. The van der Waals surface area contributed by atoms with Crippen molar-refractivity contribution in [2.24, 2.45) is 5.73 Å². The number of carbonyl (C=O) groups is 2. The van der Waals surface area contributed by atoms with Crippen LogP contribution in [0.3, 0.4) is 0 Å². The molecule has 3 heterocycles. The topological polar surface area (TPSA) is 90.3 Å². The zero-order valence-corrected chi connectivity index (χ0v) is 12.6. The van der Waals surface area contributed by atoms with Gasteiger partial charge in [0.15, 0.2) is 18.9 Å². The molecule has 0 aromatic carbocycles. The van der Waals surface area contributed by atoms with Gasteiger partial charge in [0, 0.05) is 23.5 Å². The Kier molecular flexibility index (Phi) is 4.55. The number of nitrogens with zero attached hydrogens (tertiary/aromatic N) is 2. The number of β-lactam (4-membered cyclic amide) rings is 1. The second kappa shape index (κ2) is 6.05. The first-order valence-corrected chi connectivity index (χ1v) is 7.22. The Morgan fingerprint density at radius 1 is 1.43 bits per heavy atom. The predicted molar refractivity (Wildman–Crippen MR) is 77.0 cm³/mol. The molecule has 1 saturated heterocycles. The largest absolute Gasteiger partial charge is 0.543 e. The maximum Gasteiger partial charge on any atom is 0.248 e. The molecule has 21 heavy (non-hydrogen) atoms. The molecule has 1 aromatic rings. The number of carbonyl (C=O) groups excluding carboxylic acids is 2. The van der Waals surface area contributed by atoms with Crippen molar-refractivity contribution in [3.63, 3.8) is 0 Å². The summed E-state index contributed by atoms with van der Waals surface area (Å²) in [5.41, 5.74) is 6.34. The summed E-state index contributed by atoms with van der Waals surface area (Å²) in [4.78, 5) is 24.4. The fourth-order valence-corrected chi connectivity index (χ4v) is 3.73. The molecule has 2 N–H and O–H groups in total. The highest BCUT2D eigenvalue weighted by atomic mass is 35.5. The molecule has 0 unspecified atom stereocenters. The van der Waals surface area contributed by atoms with E-state index in [1.54, 1.807) is 0 Å². The van der Waals surface area contributed by atoms with Crippen molar-refractivity contribution in [2.75, 3.05) is 5.75 Å². The number of aliphatic carboxylic acids is 1. The Bertz CT molecular complexity index is 608. The van der Waals surface area contributed by atoms with Crippen LogP contribution in [0.1, 0.15) is 0 Å². The van der Waals surface area contributed by atoms with Gasteiger partial charge in [0.25, 0.3) is 0 Å². The Morgan fingerprint density at radius 2 is 2.10 bits per heavy atom. The average Bonchev–Trinajstić information content (AvgIpc) is 2.46. The molecule has 1 fully saturated rings. The van der Waals surface area contributed by atoms with Gasteiger partial charge in [-0.1, -0.05) is 6.07 Å². The zero-order chi connectivity index (χ0) is 14.3. The summed E-state index contributed by atoms with van der Waals surface area (Å²) in [5, 5.41) is 11.1. The van der Waals surface area contributed by atoms with E-state index in [4.69, 9.17) is 5.73 Å². The van der Waals surface area contributed by atoms with E-state index >= 15 is 0 Å². The van der Waals surface area contributed by atoms with Crippen molar-refractivity contribution in [3.8, 4) is 0 Å². The number of aromatic nitrogens is 1. The van der Waals surface area contributed by atoms with Gasteiger partial charge < -0.3 is 15.6 Å². The summed E-state index contributed by atoms with van der Waals surface area (Å²) in [7, 11) is 0. The number of nitrogens with two attached hydrogens (primary N) is 1. The molecular formula is C13H14ClN3O3S. The Morgan fingerprint density at radius 3 is 2.71 bits per heavy atom. The van der Waals surface area contributed by atoms with Gasteiger partial charge in [-0.2, -0.15) is 0 Å². The minimum atomic E-state index is -1.32. The van der Waals surface area contributed by atoms with Crippen LogP contribution in [0.25, 0.3) is 0 Å². The van der Waals surface area contributed by atoms with Crippen molar-refractivity contribution in [2.45, 2.75) is 18.0 Å². The third-order valence-corrected chi connectivity index (χ3v) is 4.79. The predicted octanol–water partition coefficient (Wildman–Crippen LogP) is -1.36. The third kappa shape index (κ3) is 2.64. The number of pyridine rings is 1. The molecule has 1 amide bonds. The van der Waals surface area contributed by atoms with Gasteiger partial charge in [0.2, 0.25) is 5.91 Å². The average molecular weight is 328 g/mol. The first-order valence-electron chi connectivity index (χ1n) is 6.17. The molecule has 2 aliphatic rings. The van der Waals surface area contributed by atoms with Crippen LogP contribution < -0.4 is 15.4 Å². The molecule has 2 aliphatic heterocycles. The van der Waals surface area contributed by atoms with Crippen molar-refractivity contribution >= 4 is 36.0 Å². The van der Waals surface area contributed by atoms with Gasteiger partial charge in [0.05, 0.1) is 11.7 Å². The molecule has 0 radical (unpaired) electrons. The standard InChI is InChI=1S/C13H13N3O3S.ClH/c14-9-11(17)16-10(13(18)19)8(7-20-12(9)16)6-15-4-2-1-3-5-15;/h1-5,9,12H,6-7,14H2;1H/t9-,12-;/m1./s1. The monoisotopic (exact) mass is 327 g/mol. The van der Waals surface area contributed by atoms with Crippen molar-refractivity contribution < 1.29 is 19.3 Å². The van der Waals surface area contributed by atoms with Gasteiger partial charge in [-0.15, -0.1) is 24.2 Å². The minimum Gasteiger partial charge on any atom is -0.543 e. The number of fused-ring (bicyclic) bond motifs is 1. The van der Waals surface area contributed by atoms with E-state index in [0.29, 0.717) is 17.9 Å². The quantitative estimate of drug-likeness (QED) is 0.547. The Labute approximate surface area is 132 Å². The lowest BCUT2D eigenvalue weighted by molar-refractivity contribution is -0.689. The number of hydrogen-bond donors (Lipinski definition) is 1. The molecule has 1 aromatic heterocycles. The van der Waals surface area contributed by atoms with Gasteiger partial charge in [-0.25, -0.2) is 4.57 Å². The molecule has 3 rings (SSSR count). The first kappa shape index (κ1) is 15.8. The van der Waals surface area contributed by atoms with Crippen LogP contribution in [-0.4, -0.2) is 33.9 Å². The van der Waals surface area contributed by atoms with Crippen molar-refractivity contribution in [1.82, 2.24) is 4.90 Å². The van der Waals surface area contributed by atoms with Crippen LogP contribution in [0.15, 0.2) is 41.9 Å². The van der Waals surface area contributed by atoms with Gasteiger partial charge in [-0.05, 0) is 0 Å².